The van der Waals surface area contributed by atoms with E-state index < -0.39 is 5.97 Å². The number of anilines is 1. The third-order valence-corrected chi connectivity index (χ3v) is 6.78. The zero-order valence-corrected chi connectivity index (χ0v) is 14.8. The molecule has 1 N–H and O–H groups in total. The SMILES string of the molecule is COc1cccc([C@H]2Nc3ccc(C(=O)[O-])cc3[C@H]3[C@H]4CC[C@H](C4)[C@@H]32)c1. The van der Waals surface area contributed by atoms with E-state index in [1.807, 2.05) is 24.3 Å². The number of carbonyl (C=O) groups excluding carboxylic acids is 1. The van der Waals surface area contributed by atoms with Crippen LogP contribution in [0.4, 0.5) is 5.69 Å². The predicted octanol–water partition coefficient (Wildman–Crippen LogP) is 3.36. The third-order valence-electron chi connectivity index (χ3n) is 6.78. The quantitative estimate of drug-likeness (QED) is 0.924. The lowest BCUT2D eigenvalue weighted by Gasteiger charge is -2.43. The minimum absolute atomic E-state index is 0.242. The molecule has 5 atom stereocenters. The molecule has 2 aliphatic carbocycles. The molecule has 2 aromatic rings. The molecule has 0 radical (unpaired) electrons. The van der Waals surface area contributed by atoms with Gasteiger partial charge < -0.3 is 20.0 Å². The zero-order valence-electron chi connectivity index (χ0n) is 14.8. The van der Waals surface area contributed by atoms with Crippen molar-refractivity contribution >= 4 is 11.7 Å². The second kappa shape index (κ2) is 5.76. The first-order valence-corrected chi connectivity index (χ1v) is 9.41. The Kier molecular flexibility index (Phi) is 3.49. The van der Waals surface area contributed by atoms with Gasteiger partial charge in [0.1, 0.15) is 5.75 Å². The molecule has 2 aromatic carbocycles. The maximum Gasteiger partial charge on any atom is 0.119 e. The molecule has 134 valence electrons. The lowest BCUT2D eigenvalue weighted by atomic mass is 9.68. The number of carboxylic acids is 1. The maximum atomic E-state index is 11.3. The Labute approximate surface area is 153 Å². The molecule has 2 saturated carbocycles. The van der Waals surface area contributed by atoms with E-state index in [0.717, 1.165) is 11.4 Å². The molecular weight excluding hydrogens is 326 g/mol. The smallest absolute Gasteiger partial charge is 0.119 e. The summed E-state index contributed by atoms with van der Waals surface area (Å²) in [5.74, 6) is 2.08. The Hall–Kier alpha value is -2.49. The second-order valence-electron chi connectivity index (χ2n) is 7.92. The fourth-order valence-corrected chi connectivity index (χ4v) is 5.78. The molecule has 0 spiro atoms. The number of methoxy groups -OCH3 is 1. The number of benzene rings is 2. The summed E-state index contributed by atoms with van der Waals surface area (Å²) in [7, 11) is 1.70. The lowest BCUT2D eigenvalue weighted by Crippen LogP contribution is -2.36. The minimum Gasteiger partial charge on any atom is -0.545 e. The molecule has 3 aliphatic rings. The van der Waals surface area contributed by atoms with E-state index in [2.05, 4.69) is 17.4 Å². The Morgan fingerprint density at radius 2 is 2.00 bits per heavy atom. The van der Waals surface area contributed by atoms with Crippen LogP contribution in [0.25, 0.3) is 0 Å². The molecule has 4 heteroatoms. The first kappa shape index (κ1) is 15.7. The average molecular weight is 348 g/mol. The molecule has 0 unspecified atom stereocenters. The highest BCUT2D eigenvalue weighted by atomic mass is 16.5. The van der Waals surface area contributed by atoms with Crippen molar-refractivity contribution in [2.75, 3.05) is 12.4 Å². The van der Waals surface area contributed by atoms with E-state index in [9.17, 15) is 9.90 Å². The first-order valence-electron chi connectivity index (χ1n) is 9.41. The van der Waals surface area contributed by atoms with Crippen LogP contribution in [-0.2, 0) is 0 Å². The van der Waals surface area contributed by atoms with Gasteiger partial charge in [0.25, 0.3) is 0 Å². The second-order valence-corrected chi connectivity index (χ2v) is 7.92. The molecular formula is C22H22NO3-. The van der Waals surface area contributed by atoms with Gasteiger partial charge >= 0.3 is 0 Å². The topological polar surface area (TPSA) is 61.4 Å². The van der Waals surface area contributed by atoms with Gasteiger partial charge in [-0.25, -0.2) is 0 Å². The summed E-state index contributed by atoms with van der Waals surface area (Å²) in [4.78, 5) is 11.3. The molecule has 2 fully saturated rings. The van der Waals surface area contributed by atoms with E-state index in [1.54, 1.807) is 13.2 Å². The van der Waals surface area contributed by atoms with Gasteiger partial charge in [-0.2, -0.15) is 0 Å². The summed E-state index contributed by atoms with van der Waals surface area (Å²) in [5.41, 5.74) is 3.77. The third kappa shape index (κ3) is 2.24. The summed E-state index contributed by atoms with van der Waals surface area (Å²) >= 11 is 0. The van der Waals surface area contributed by atoms with E-state index in [-0.39, 0.29) is 11.6 Å². The number of fused-ring (bicyclic) bond motifs is 7. The minimum atomic E-state index is -1.09. The highest BCUT2D eigenvalue weighted by molar-refractivity contribution is 5.87. The Bertz CT molecular complexity index is 877. The molecule has 2 bridgehead atoms. The van der Waals surface area contributed by atoms with Crippen molar-refractivity contribution < 1.29 is 14.6 Å². The molecule has 0 aromatic heterocycles. The van der Waals surface area contributed by atoms with Crippen LogP contribution >= 0.6 is 0 Å². The van der Waals surface area contributed by atoms with Gasteiger partial charge in [-0.15, -0.1) is 0 Å². The van der Waals surface area contributed by atoms with Gasteiger partial charge in [0, 0.05) is 5.69 Å². The van der Waals surface area contributed by atoms with E-state index in [1.165, 1.54) is 30.4 Å². The van der Waals surface area contributed by atoms with E-state index in [0.29, 0.717) is 23.7 Å². The normalized spacial score (nSPS) is 31.0. The number of hydrogen-bond acceptors (Lipinski definition) is 4. The molecule has 26 heavy (non-hydrogen) atoms. The van der Waals surface area contributed by atoms with E-state index >= 15 is 0 Å². The van der Waals surface area contributed by atoms with Crippen LogP contribution in [0, 0.1) is 17.8 Å². The van der Waals surface area contributed by atoms with Crippen molar-refractivity contribution in [1.29, 1.82) is 0 Å². The van der Waals surface area contributed by atoms with Gasteiger partial charge in [-0.05, 0) is 83.9 Å². The summed E-state index contributed by atoms with van der Waals surface area (Å²) in [6.45, 7) is 0. The molecule has 1 aliphatic heterocycles. The number of carboxylic acid groups (broad SMARTS) is 1. The van der Waals surface area contributed by atoms with Crippen LogP contribution in [0.15, 0.2) is 42.5 Å². The Morgan fingerprint density at radius 1 is 1.15 bits per heavy atom. The number of nitrogens with one attached hydrogen (secondary N) is 1. The zero-order chi connectivity index (χ0) is 17.8. The molecule has 0 amide bonds. The van der Waals surface area contributed by atoms with Crippen LogP contribution in [0.3, 0.4) is 0 Å². The lowest BCUT2D eigenvalue weighted by molar-refractivity contribution is -0.255. The van der Waals surface area contributed by atoms with Gasteiger partial charge in [-0.1, -0.05) is 18.2 Å². The predicted molar refractivity (Wildman–Crippen MR) is 97.2 cm³/mol. The number of aromatic carboxylic acids is 1. The van der Waals surface area contributed by atoms with E-state index in [4.69, 9.17) is 4.74 Å². The number of carbonyl (C=O) groups is 1. The van der Waals surface area contributed by atoms with Crippen molar-refractivity contribution in [3.8, 4) is 5.75 Å². The maximum absolute atomic E-state index is 11.3. The Morgan fingerprint density at radius 3 is 2.81 bits per heavy atom. The van der Waals surface area contributed by atoms with Crippen molar-refractivity contribution in [2.45, 2.75) is 31.2 Å². The average Bonchev–Trinajstić information content (AvgIpc) is 3.29. The standard InChI is InChI=1S/C22H23NO3/c1-26-16-4-2-3-14(10-16)21-20-13-6-5-12(9-13)19(20)17-11-15(22(24)25)7-8-18(17)23-21/h2-4,7-8,10-13,19-21,23H,5-6,9H2,1H3,(H,24,25)/p-1/t12-,13+,19+,20-,21+/m0/s1. The van der Waals surface area contributed by atoms with Crippen molar-refractivity contribution in [3.63, 3.8) is 0 Å². The van der Waals surface area contributed by atoms with Gasteiger partial charge in [0.15, 0.2) is 0 Å². The van der Waals surface area contributed by atoms with Gasteiger partial charge in [0.05, 0.1) is 19.1 Å². The Balaban J connectivity index is 1.62. The molecule has 4 nitrogen and oxygen atoms in total. The molecule has 0 saturated heterocycles. The largest absolute Gasteiger partial charge is 0.545 e. The highest BCUT2D eigenvalue weighted by Gasteiger charge is 2.53. The van der Waals surface area contributed by atoms with Crippen LogP contribution in [0.1, 0.15) is 52.7 Å². The van der Waals surface area contributed by atoms with Crippen LogP contribution in [0.5, 0.6) is 5.75 Å². The highest BCUT2D eigenvalue weighted by Crippen LogP contribution is 2.63. The summed E-state index contributed by atoms with van der Waals surface area (Å²) < 4.78 is 5.43. The number of rotatable bonds is 3. The summed E-state index contributed by atoms with van der Waals surface area (Å²) in [6, 6.07) is 14.0. The molecule has 1 heterocycles. The monoisotopic (exact) mass is 348 g/mol. The fraction of sp³-hybridized carbons (Fsp3) is 0.409. The number of ether oxygens (including phenoxy) is 1. The fourth-order valence-electron chi connectivity index (χ4n) is 5.78. The summed E-state index contributed by atoms with van der Waals surface area (Å²) in [5, 5.41) is 15.1. The van der Waals surface area contributed by atoms with Gasteiger partial charge in [-0.3, -0.25) is 0 Å². The van der Waals surface area contributed by atoms with Crippen molar-refractivity contribution in [1.82, 2.24) is 0 Å². The van der Waals surface area contributed by atoms with Gasteiger partial charge in [0.2, 0.25) is 0 Å². The van der Waals surface area contributed by atoms with Crippen LogP contribution in [-0.4, -0.2) is 13.1 Å². The number of hydrogen-bond donors (Lipinski definition) is 1. The molecule has 5 rings (SSSR count). The van der Waals surface area contributed by atoms with Crippen molar-refractivity contribution in [3.05, 3.63) is 59.2 Å². The van der Waals surface area contributed by atoms with Crippen molar-refractivity contribution in [2.24, 2.45) is 17.8 Å². The first-order chi connectivity index (χ1) is 12.7. The summed E-state index contributed by atoms with van der Waals surface area (Å²) in [6.07, 6.45) is 3.79. The van der Waals surface area contributed by atoms with Crippen LogP contribution in [0.2, 0.25) is 0 Å². The van der Waals surface area contributed by atoms with Crippen LogP contribution < -0.4 is 15.2 Å².